The van der Waals surface area contributed by atoms with Gasteiger partial charge in [-0.2, -0.15) is 13.2 Å². The number of carbonyl (C=O) groups excluding carboxylic acids is 1. The van der Waals surface area contributed by atoms with Crippen LogP contribution in [0.1, 0.15) is 30.5 Å². The number of nitrogens with one attached hydrogen (secondary N) is 3. The Morgan fingerprint density at radius 3 is 2.43 bits per heavy atom. The maximum Gasteiger partial charge on any atom is 0.416 e. The first-order valence-corrected chi connectivity index (χ1v) is 8.82. The summed E-state index contributed by atoms with van der Waals surface area (Å²) in [6.45, 7) is 4.51. The molecule has 0 aromatic heterocycles. The van der Waals surface area contributed by atoms with E-state index >= 15 is 0 Å². The van der Waals surface area contributed by atoms with Gasteiger partial charge in [0.05, 0.1) is 12.1 Å². The third kappa shape index (κ3) is 6.94. The van der Waals surface area contributed by atoms with E-state index in [0.717, 1.165) is 17.7 Å². The predicted molar refractivity (Wildman–Crippen MR) is 104 cm³/mol. The monoisotopic (exact) mass is 392 g/mol. The lowest BCUT2D eigenvalue weighted by Crippen LogP contribution is -2.36. The Kier molecular flexibility index (Phi) is 7.43. The van der Waals surface area contributed by atoms with Gasteiger partial charge in [-0.1, -0.05) is 24.3 Å². The van der Waals surface area contributed by atoms with Crippen molar-refractivity contribution in [2.45, 2.75) is 33.1 Å². The fourth-order valence-electron chi connectivity index (χ4n) is 2.51. The average Bonchev–Trinajstić information content (AvgIpc) is 2.63. The first-order chi connectivity index (χ1) is 13.3. The third-order valence-electron chi connectivity index (χ3n) is 3.73. The Labute approximate surface area is 162 Å². The summed E-state index contributed by atoms with van der Waals surface area (Å²) in [4.78, 5) is 15.5. The van der Waals surface area contributed by atoms with Crippen molar-refractivity contribution in [2.24, 2.45) is 4.99 Å². The molecule has 0 heterocycles. The van der Waals surface area contributed by atoms with E-state index in [4.69, 9.17) is 0 Å². The third-order valence-corrected chi connectivity index (χ3v) is 3.73. The minimum atomic E-state index is -4.37. The van der Waals surface area contributed by atoms with Gasteiger partial charge in [0.1, 0.15) is 0 Å². The molecule has 2 aromatic carbocycles. The zero-order valence-corrected chi connectivity index (χ0v) is 15.7. The van der Waals surface area contributed by atoms with Crippen molar-refractivity contribution < 1.29 is 18.0 Å². The highest BCUT2D eigenvalue weighted by atomic mass is 19.4. The highest BCUT2D eigenvalue weighted by Crippen LogP contribution is 2.29. The van der Waals surface area contributed by atoms with Gasteiger partial charge >= 0.3 is 6.18 Å². The maximum absolute atomic E-state index is 12.8. The van der Waals surface area contributed by atoms with Gasteiger partial charge in [0, 0.05) is 25.7 Å². The van der Waals surface area contributed by atoms with Crippen molar-refractivity contribution in [3.8, 4) is 0 Å². The summed E-state index contributed by atoms with van der Waals surface area (Å²) in [6, 6.07) is 12.5. The molecule has 28 heavy (non-hydrogen) atoms. The summed E-state index contributed by atoms with van der Waals surface area (Å²) in [6.07, 6.45) is -4.37. The van der Waals surface area contributed by atoms with Crippen molar-refractivity contribution in [2.75, 3.05) is 11.9 Å². The molecule has 0 aliphatic carbocycles. The molecule has 0 unspecified atom stereocenters. The average molecular weight is 392 g/mol. The molecule has 8 heteroatoms. The zero-order valence-electron chi connectivity index (χ0n) is 15.7. The molecule has 0 atom stereocenters. The highest BCUT2D eigenvalue weighted by molar-refractivity contribution is 5.88. The van der Waals surface area contributed by atoms with Crippen LogP contribution in [0.2, 0.25) is 0 Å². The van der Waals surface area contributed by atoms with Gasteiger partial charge in [-0.3, -0.25) is 4.79 Å². The van der Waals surface area contributed by atoms with Crippen LogP contribution in [-0.4, -0.2) is 18.4 Å². The first kappa shape index (κ1) is 21.3. The van der Waals surface area contributed by atoms with Crippen molar-refractivity contribution >= 4 is 17.6 Å². The van der Waals surface area contributed by atoms with E-state index in [9.17, 15) is 18.0 Å². The van der Waals surface area contributed by atoms with Gasteiger partial charge in [-0.25, -0.2) is 4.99 Å². The molecule has 2 rings (SSSR count). The first-order valence-electron chi connectivity index (χ1n) is 8.82. The molecular formula is C20H23F3N4O. The Morgan fingerprint density at radius 2 is 1.75 bits per heavy atom. The molecule has 5 nitrogen and oxygen atoms in total. The summed E-state index contributed by atoms with van der Waals surface area (Å²) >= 11 is 0. The summed E-state index contributed by atoms with van der Waals surface area (Å²) in [7, 11) is 0. The molecule has 0 saturated carbocycles. The number of hydrogen-bond donors (Lipinski definition) is 3. The molecule has 0 aliphatic rings. The number of carbonyl (C=O) groups is 1. The molecule has 0 saturated heterocycles. The minimum Gasteiger partial charge on any atom is -0.357 e. The summed E-state index contributed by atoms with van der Waals surface area (Å²) in [5.74, 6) is 0.339. The molecule has 0 fully saturated rings. The summed E-state index contributed by atoms with van der Waals surface area (Å²) in [5.41, 5.74) is 1.40. The smallest absolute Gasteiger partial charge is 0.357 e. The lowest BCUT2D eigenvalue weighted by molar-refractivity contribution is -0.137. The number of aliphatic imine (C=N–C) groups is 1. The molecule has 3 N–H and O–H groups in total. The number of halogens is 3. The van der Waals surface area contributed by atoms with Crippen LogP contribution >= 0.6 is 0 Å². The van der Waals surface area contributed by atoms with Gasteiger partial charge in [0.2, 0.25) is 5.91 Å². The zero-order chi connectivity index (χ0) is 20.6. The van der Waals surface area contributed by atoms with Crippen LogP contribution in [-0.2, 0) is 24.1 Å². The van der Waals surface area contributed by atoms with E-state index in [1.54, 1.807) is 12.1 Å². The van der Waals surface area contributed by atoms with Crippen LogP contribution in [0.4, 0.5) is 18.9 Å². The molecule has 0 aliphatic heterocycles. The van der Waals surface area contributed by atoms with Crippen LogP contribution in [0.3, 0.4) is 0 Å². The fourth-order valence-corrected chi connectivity index (χ4v) is 2.51. The number of alkyl halides is 3. The number of nitrogens with zero attached hydrogens (tertiary/aromatic N) is 1. The molecule has 1 amide bonds. The van der Waals surface area contributed by atoms with Gasteiger partial charge in [0.25, 0.3) is 0 Å². The normalized spacial score (nSPS) is 11.8. The Bertz CT molecular complexity index is 834. The van der Waals surface area contributed by atoms with E-state index in [2.05, 4.69) is 20.9 Å². The van der Waals surface area contributed by atoms with Gasteiger partial charge in [0.15, 0.2) is 5.96 Å². The van der Waals surface area contributed by atoms with Crippen LogP contribution in [0.15, 0.2) is 53.5 Å². The molecule has 0 spiro atoms. The van der Waals surface area contributed by atoms with Crippen molar-refractivity contribution in [3.63, 3.8) is 0 Å². The van der Waals surface area contributed by atoms with Crippen molar-refractivity contribution in [1.82, 2.24) is 10.6 Å². The van der Waals surface area contributed by atoms with Gasteiger partial charge in [-0.05, 0) is 42.3 Å². The standard InChI is InChI=1S/C20H23F3N4O/c1-3-24-19(25-12-15-6-4-8-17(10-15)20(21,22)23)26-13-16-7-5-9-18(11-16)27-14(2)28/h4-11H,3,12-13H2,1-2H3,(H,27,28)(H2,24,25,26). The largest absolute Gasteiger partial charge is 0.416 e. The topological polar surface area (TPSA) is 65.5 Å². The molecular weight excluding hydrogens is 369 g/mol. The lowest BCUT2D eigenvalue weighted by Gasteiger charge is -2.13. The Morgan fingerprint density at radius 1 is 1.04 bits per heavy atom. The maximum atomic E-state index is 12.8. The van der Waals surface area contributed by atoms with Crippen LogP contribution in [0, 0.1) is 0 Å². The number of hydrogen-bond acceptors (Lipinski definition) is 2. The number of benzene rings is 2. The summed E-state index contributed by atoms with van der Waals surface area (Å²) < 4.78 is 38.5. The quantitative estimate of drug-likeness (QED) is 0.516. The summed E-state index contributed by atoms with van der Waals surface area (Å²) in [5, 5.41) is 8.92. The van der Waals surface area contributed by atoms with E-state index in [0.29, 0.717) is 30.3 Å². The molecule has 0 bridgehead atoms. The van der Waals surface area contributed by atoms with Crippen LogP contribution in [0.5, 0.6) is 0 Å². The van der Waals surface area contributed by atoms with E-state index in [1.807, 2.05) is 25.1 Å². The molecule has 150 valence electrons. The minimum absolute atomic E-state index is 0.116. The lowest BCUT2D eigenvalue weighted by atomic mass is 10.1. The SMILES string of the molecule is CCNC(=NCc1cccc(C(F)(F)F)c1)NCc1cccc(NC(C)=O)c1. The van der Waals surface area contributed by atoms with Crippen molar-refractivity contribution in [1.29, 1.82) is 0 Å². The second-order valence-electron chi connectivity index (χ2n) is 6.13. The van der Waals surface area contributed by atoms with Gasteiger partial charge in [-0.15, -0.1) is 0 Å². The van der Waals surface area contributed by atoms with Crippen molar-refractivity contribution in [3.05, 3.63) is 65.2 Å². The van der Waals surface area contributed by atoms with Gasteiger partial charge < -0.3 is 16.0 Å². The second kappa shape index (κ2) is 9.77. The number of rotatable bonds is 6. The highest BCUT2D eigenvalue weighted by Gasteiger charge is 2.30. The van der Waals surface area contributed by atoms with E-state index < -0.39 is 11.7 Å². The van der Waals surface area contributed by atoms with Crippen LogP contribution in [0.25, 0.3) is 0 Å². The number of amides is 1. The Hall–Kier alpha value is -3.03. The fraction of sp³-hybridized carbons (Fsp3) is 0.300. The number of anilines is 1. The second-order valence-corrected chi connectivity index (χ2v) is 6.13. The van der Waals surface area contributed by atoms with E-state index in [-0.39, 0.29) is 12.5 Å². The predicted octanol–water partition coefficient (Wildman–Crippen LogP) is 3.92. The molecule has 0 radical (unpaired) electrons. The van der Waals surface area contributed by atoms with E-state index in [1.165, 1.54) is 13.0 Å². The Balaban J connectivity index is 2.04. The molecule has 2 aromatic rings. The van der Waals surface area contributed by atoms with Crippen LogP contribution < -0.4 is 16.0 Å². The number of guanidine groups is 1.